The lowest BCUT2D eigenvalue weighted by molar-refractivity contribution is 0.0574. The van der Waals surface area contributed by atoms with Crippen LogP contribution in [-0.2, 0) is 4.74 Å². The summed E-state index contributed by atoms with van der Waals surface area (Å²) in [5.41, 5.74) is 0.285. The summed E-state index contributed by atoms with van der Waals surface area (Å²) in [6.45, 7) is 2.66. The number of carbonyl (C=O) groups is 1. The molecule has 1 aromatic heterocycles. The van der Waals surface area contributed by atoms with Gasteiger partial charge in [-0.2, -0.15) is 0 Å². The number of ether oxygens (including phenoxy) is 1. The molecule has 0 aliphatic carbocycles. The molecule has 1 aliphatic heterocycles. The highest BCUT2D eigenvalue weighted by molar-refractivity contribution is 5.93. The molecule has 0 bridgehead atoms. The van der Waals surface area contributed by atoms with Crippen LogP contribution in [0.15, 0.2) is 23.1 Å². The van der Waals surface area contributed by atoms with Crippen molar-refractivity contribution in [2.45, 2.75) is 25.5 Å². The number of likely N-dealkylation sites (N-methyl/N-ethyl adjacent to an activating group) is 1. The minimum atomic E-state index is -0.207. The number of hydrogen-bond acceptors (Lipinski definition) is 3. The molecule has 0 spiro atoms. The number of H-pyrrole nitrogens is 1. The van der Waals surface area contributed by atoms with Crippen molar-refractivity contribution in [2.75, 3.05) is 13.7 Å². The Morgan fingerprint density at radius 2 is 2.29 bits per heavy atom. The van der Waals surface area contributed by atoms with E-state index in [1.165, 1.54) is 18.3 Å². The molecule has 1 fully saturated rings. The van der Waals surface area contributed by atoms with E-state index in [4.69, 9.17) is 4.74 Å². The Labute approximate surface area is 99.4 Å². The number of carbonyl (C=O) groups excluding carboxylic acids is 1. The van der Waals surface area contributed by atoms with E-state index >= 15 is 0 Å². The Hall–Kier alpha value is -1.62. The molecule has 1 aliphatic rings. The average Bonchev–Trinajstić information content (AvgIpc) is 2.74. The van der Waals surface area contributed by atoms with E-state index < -0.39 is 0 Å². The van der Waals surface area contributed by atoms with Gasteiger partial charge in [-0.15, -0.1) is 0 Å². The number of rotatable bonds is 2. The summed E-state index contributed by atoms with van der Waals surface area (Å²) in [5, 5.41) is 0. The van der Waals surface area contributed by atoms with Gasteiger partial charge in [-0.3, -0.25) is 9.59 Å². The molecule has 17 heavy (non-hydrogen) atoms. The predicted molar refractivity (Wildman–Crippen MR) is 63.0 cm³/mol. The molecule has 2 atom stereocenters. The van der Waals surface area contributed by atoms with E-state index in [2.05, 4.69) is 4.98 Å². The number of amides is 1. The van der Waals surface area contributed by atoms with Gasteiger partial charge in [-0.25, -0.2) is 0 Å². The summed E-state index contributed by atoms with van der Waals surface area (Å²) in [6.07, 6.45) is 2.36. The van der Waals surface area contributed by atoms with Crippen LogP contribution in [0.4, 0.5) is 0 Å². The van der Waals surface area contributed by atoms with E-state index in [9.17, 15) is 9.59 Å². The first-order chi connectivity index (χ1) is 8.09. The van der Waals surface area contributed by atoms with Crippen LogP contribution in [0.2, 0.25) is 0 Å². The smallest absolute Gasteiger partial charge is 0.255 e. The summed E-state index contributed by atoms with van der Waals surface area (Å²) in [7, 11) is 1.77. The van der Waals surface area contributed by atoms with Crippen molar-refractivity contribution in [3.05, 3.63) is 34.2 Å². The fraction of sp³-hybridized carbons (Fsp3) is 0.500. The van der Waals surface area contributed by atoms with Gasteiger partial charge >= 0.3 is 0 Å². The highest BCUT2D eigenvalue weighted by Crippen LogP contribution is 2.19. The quantitative estimate of drug-likeness (QED) is 0.819. The maximum atomic E-state index is 12.1. The van der Waals surface area contributed by atoms with Crippen molar-refractivity contribution in [1.29, 1.82) is 0 Å². The number of aromatic amines is 1. The molecule has 1 aromatic rings. The zero-order chi connectivity index (χ0) is 12.4. The second-order valence-electron chi connectivity index (χ2n) is 4.29. The maximum absolute atomic E-state index is 12.1. The minimum Gasteiger partial charge on any atom is -0.376 e. The molecule has 1 saturated heterocycles. The van der Waals surface area contributed by atoms with Crippen LogP contribution in [-0.4, -0.2) is 41.6 Å². The Morgan fingerprint density at radius 1 is 1.53 bits per heavy atom. The molecule has 0 aromatic carbocycles. The summed E-state index contributed by atoms with van der Waals surface area (Å²) in [6, 6.07) is 3.00. The molecule has 0 saturated carbocycles. The zero-order valence-electron chi connectivity index (χ0n) is 9.97. The first kappa shape index (κ1) is 11.9. The van der Waals surface area contributed by atoms with E-state index in [-0.39, 0.29) is 23.6 Å². The second kappa shape index (κ2) is 4.71. The van der Waals surface area contributed by atoms with Crippen LogP contribution >= 0.6 is 0 Å². The van der Waals surface area contributed by atoms with Crippen LogP contribution in [0.5, 0.6) is 0 Å². The Balaban J connectivity index is 2.14. The zero-order valence-corrected chi connectivity index (χ0v) is 9.97. The van der Waals surface area contributed by atoms with Gasteiger partial charge in [0.05, 0.1) is 17.7 Å². The van der Waals surface area contributed by atoms with Crippen molar-refractivity contribution in [2.24, 2.45) is 0 Å². The third kappa shape index (κ3) is 2.39. The van der Waals surface area contributed by atoms with E-state index in [1.807, 2.05) is 6.92 Å². The van der Waals surface area contributed by atoms with Gasteiger partial charge in [0.25, 0.3) is 5.91 Å². The van der Waals surface area contributed by atoms with Gasteiger partial charge in [0.1, 0.15) is 0 Å². The lowest BCUT2D eigenvalue weighted by Crippen LogP contribution is -2.41. The number of nitrogens with one attached hydrogen (secondary N) is 1. The molecule has 2 rings (SSSR count). The molecular formula is C12H16N2O3. The molecule has 1 amide bonds. The molecule has 5 nitrogen and oxygen atoms in total. The van der Waals surface area contributed by atoms with Gasteiger partial charge in [-0.1, -0.05) is 0 Å². The maximum Gasteiger partial charge on any atom is 0.255 e. The Bertz CT molecular complexity index is 449. The van der Waals surface area contributed by atoms with Crippen LogP contribution in [0.25, 0.3) is 0 Å². The second-order valence-corrected chi connectivity index (χ2v) is 4.29. The predicted octanol–water partition coefficient (Wildman–Crippen LogP) is 0.624. The third-order valence-electron chi connectivity index (χ3n) is 3.19. The number of aromatic nitrogens is 1. The van der Waals surface area contributed by atoms with Crippen LogP contribution in [0, 0.1) is 0 Å². The highest BCUT2D eigenvalue weighted by atomic mass is 16.5. The summed E-state index contributed by atoms with van der Waals surface area (Å²) in [4.78, 5) is 27.2. The normalized spacial score (nSPS) is 23.6. The van der Waals surface area contributed by atoms with Crippen molar-refractivity contribution < 1.29 is 9.53 Å². The van der Waals surface area contributed by atoms with E-state index in [0.29, 0.717) is 12.2 Å². The number of nitrogens with zero attached hydrogens (tertiary/aromatic N) is 1. The molecule has 2 unspecified atom stereocenters. The summed E-state index contributed by atoms with van der Waals surface area (Å²) < 4.78 is 5.44. The molecule has 92 valence electrons. The van der Waals surface area contributed by atoms with Gasteiger partial charge in [-0.05, 0) is 19.4 Å². The first-order valence-corrected chi connectivity index (χ1v) is 5.67. The van der Waals surface area contributed by atoms with Crippen molar-refractivity contribution in [1.82, 2.24) is 9.88 Å². The van der Waals surface area contributed by atoms with E-state index in [0.717, 1.165) is 6.42 Å². The van der Waals surface area contributed by atoms with E-state index in [1.54, 1.807) is 11.9 Å². The number of pyridine rings is 1. The van der Waals surface area contributed by atoms with Gasteiger partial charge in [0.15, 0.2) is 0 Å². The SMILES string of the molecule is CC1OCCC1N(C)C(=O)c1ccc(=O)[nH]c1. The minimum absolute atomic E-state index is 0.0618. The number of hydrogen-bond donors (Lipinski definition) is 1. The highest BCUT2D eigenvalue weighted by Gasteiger charge is 2.30. The monoisotopic (exact) mass is 236 g/mol. The fourth-order valence-electron chi connectivity index (χ4n) is 2.13. The third-order valence-corrected chi connectivity index (χ3v) is 3.19. The standard InChI is InChI=1S/C12H16N2O3/c1-8-10(5-6-17-8)14(2)12(16)9-3-4-11(15)13-7-9/h3-4,7-8,10H,5-6H2,1-2H3,(H,13,15). The van der Waals surface area contributed by atoms with Gasteiger partial charge in [0.2, 0.25) is 5.56 Å². The van der Waals surface area contributed by atoms with Crippen molar-refractivity contribution >= 4 is 5.91 Å². The summed E-state index contributed by atoms with van der Waals surface area (Å²) >= 11 is 0. The lowest BCUT2D eigenvalue weighted by Gasteiger charge is -2.26. The van der Waals surface area contributed by atoms with Crippen LogP contribution in [0.1, 0.15) is 23.7 Å². The average molecular weight is 236 g/mol. The van der Waals surface area contributed by atoms with Crippen LogP contribution in [0.3, 0.4) is 0 Å². The van der Waals surface area contributed by atoms with Crippen molar-refractivity contribution in [3.8, 4) is 0 Å². The molecule has 5 heteroatoms. The largest absolute Gasteiger partial charge is 0.376 e. The lowest BCUT2D eigenvalue weighted by atomic mass is 10.1. The van der Waals surface area contributed by atoms with Crippen LogP contribution < -0.4 is 5.56 Å². The molecule has 1 N–H and O–H groups in total. The molecule has 2 heterocycles. The van der Waals surface area contributed by atoms with Gasteiger partial charge in [0, 0.05) is 25.9 Å². The fourth-order valence-corrected chi connectivity index (χ4v) is 2.13. The molecular weight excluding hydrogens is 220 g/mol. The molecule has 0 radical (unpaired) electrons. The topological polar surface area (TPSA) is 62.4 Å². The van der Waals surface area contributed by atoms with Gasteiger partial charge < -0.3 is 14.6 Å². The Kier molecular flexibility index (Phi) is 3.28. The first-order valence-electron chi connectivity index (χ1n) is 5.67. The summed E-state index contributed by atoms with van der Waals surface area (Å²) in [5.74, 6) is -0.0939. The van der Waals surface area contributed by atoms with Crippen molar-refractivity contribution in [3.63, 3.8) is 0 Å². The Morgan fingerprint density at radius 3 is 2.82 bits per heavy atom.